The van der Waals surface area contributed by atoms with E-state index in [9.17, 15) is 8.42 Å². The Kier molecular flexibility index (Phi) is 5.23. The van der Waals surface area contributed by atoms with Gasteiger partial charge in [0.15, 0.2) is 0 Å². The van der Waals surface area contributed by atoms with Crippen LogP contribution in [0.1, 0.15) is 36.6 Å². The molecule has 6 heteroatoms. The number of hydrogen-bond donors (Lipinski definition) is 1. The quantitative estimate of drug-likeness (QED) is 0.908. The zero-order chi connectivity index (χ0) is 14.8. The zero-order valence-corrected chi connectivity index (χ0v) is 14.1. The van der Waals surface area contributed by atoms with Gasteiger partial charge < -0.3 is 5.32 Å². The molecule has 0 saturated carbocycles. The lowest BCUT2D eigenvalue weighted by atomic mass is 10.1. The lowest BCUT2D eigenvalue weighted by Crippen LogP contribution is -2.46. The number of nitrogens with zero attached hydrogens (tertiary/aromatic N) is 1. The standard InChI is InChI=1S/C14H24N2O2S2/c1-4-9-16(13-5-7-15-8-6-13)20(17,18)14-11(2)10-12(3)19-14/h10,13,15H,4-9H2,1-3H3. The van der Waals surface area contributed by atoms with Gasteiger partial charge in [-0.15, -0.1) is 11.3 Å². The molecular weight excluding hydrogens is 292 g/mol. The van der Waals surface area contributed by atoms with Crippen molar-refractivity contribution in [3.05, 3.63) is 16.5 Å². The fourth-order valence-corrected chi connectivity index (χ4v) is 6.35. The highest BCUT2D eigenvalue weighted by molar-refractivity contribution is 7.91. The second-order valence-electron chi connectivity index (χ2n) is 5.42. The number of hydrogen-bond acceptors (Lipinski definition) is 4. The molecule has 1 aliphatic rings. The van der Waals surface area contributed by atoms with Gasteiger partial charge in [-0.3, -0.25) is 0 Å². The van der Waals surface area contributed by atoms with Crippen molar-refractivity contribution in [2.24, 2.45) is 0 Å². The molecule has 0 bridgehead atoms. The smallest absolute Gasteiger partial charge is 0.253 e. The molecule has 0 amide bonds. The minimum absolute atomic E-state index is 0.142. The largest absolute Gasteiger partial charge is 0.317 e. The third-order valence-corrected chi connectivity index (χ3v) is 7.42. The Hall–Kier alpha value is -0.430. The maximum atomic E-state index is 13.0. The number of rotatable bonds is 5. The molecule has 0 spiro atoms. The monoisotopic (exact) mass is 316 g/mol. The van der Waals surface area contributed by atoms with Crippen molar-refractivity contribution in [1.29, 1.82) is 0 Å². The maximum absolute atomic E-state index is 13.0. The van der Waals surface area contributed by atoms with E-state index >= 15 is 0 Å². The van der Waals surface area contributed by atoms with Crippen LogP contribution < -0.4 is 5.32 Å². The van der Waals surface area contributed by atoms with Crippen molar-refractivity contribution >= 4 is 21.4 Å². The summed E-state index contributed by atoms with van der Waals surface area (Å²) in [6.07, 6.45) is 2.66. The minimum atomic E-state index is -3.35. The lowest BCUT2D eigenvalue weighted by Gasteiger charge is -2.33. The second kappa shape index (κ2) is 6.56. The maximum Gasteiger partial charge on any atom is 0.253 e. The van der Waals surface area contributed by atoms with Crippen LogP contribution in [0.3, 0.4) is 0 Å². The van der Waals surface area contributed by atoms with E-state index in [0.717, 1.165) is 42.8 Å². The molecule has 0 unspecified atom stereocenters. The van der Waals surface area contributed by atoms with Crippen molar-refractivity contribution in [3.63, 3.8) is 0 Å². The highest BCUT2D eigenvalue weighted by atomic mass is 32.2. The summed E-state index contributed by atoms with van der Waals surface area (Å²) in [6.45, 7) is 8.32. The lowest BCUT2D eigenvalue weighted by molar-refractivity contribution is 0.262. The first-order chi connectivity index (χ1) is 9.46. The fourth-order valence-electron chi connectivity index (χ4n) is 2.80. The molecule has 1 N–H and O–H groups in total. The molecule has 2 heterocycles. The molecule has 0 atom stereocenters. The third kappa shape index (κ3) is 3.24. The van der Waals surface area contributed by atoms with Gasteiger partial charge in [-0.25, -0.2) is 8.42 Å². The normalized spacial score (nSPS) is 17.8. The molecule has 1 saturated heterocycles. The van der Waals surface area contributed by atoms with Crippen molar-refractivity contribution in [2.45, 2.75) is 50.3 Å². The van der Waals surface area contributed by atoms with Gasteiger partial charge in [0, 0.05) is 17.5 Å². The average Bonchev–Trinajstić information content (AvgIpc) is 2.76. The van der Waals surface area contributed by atoms with E-state index < -0.39 is 10.0 Å². The van der Waals surface area contributed by atoms with E-state index in [0.29, 0.717) is 10.8 Å². The minimum Gasteiger partial charge on any atom is -0.317 e. The predicted molar refractivity (Wildman–Crippen MR) is 83.9 cm³/mol. The number of thiophene rings is 1. The average molecular weight is 316 g/mol. The van der Waals surface area contributed by atoms with Crippen molar-refractivity contribution in [2.75, 3.05) is 19.6 Å². The molecular formula is C14H24N2O2S2. The highest BCUT2D eigenvalue weighted by Crippen LogP contribution is 2.31. The van der Waals surface area contributed by atoms with Crippen LogP contribution in [-0.4, -0.2) is 38.4 Å². The van der Waals surface area contributed by atoms with Crippen LogP contribution in [0.25, 0.3) is 0 Å². The first-order valence-corrected chi connectivity index (χ1v) is 9.52. The summed E-state index contributed by atoms with van der Waals surface area (Å²) in [5.41, 5.74) is 0.877. The summed E-state index contributed by atoms with van der Waals surface area (Å²) in [7, 11) is -3.35. The van der Waals surface area contributed by atoms with Gasteiger partial charge in [0.2, 0.25) is 0 Å². The van der Waals surface area contributed by atoms with Crippen LogP contribution >= 0.6 is 11.3 Å². The summed E-state index contributed by atoms with van der Waals surface area (Å²) >= 11 is 1.39. The van der Waals surface area contributed by atoms with Crippen molar-refractivity contribution < 1.29 is 8.42 Å². The SMILES string of the molecule is CCCN(C1CCNCC1)S(=O)(=O)c1sc(C)cc1C. The number of piperidine rings is 1. The van der Waals surface area contributed by atoms with Crippen LogP contribution in [-0.2, 0) is 10.0 Å². The molecule has 1 aliphatic heterocycles. The second-order valence-corrected chi connectivity index (χ2v) is 8.77. The Labute approximate surface area is 126 Å². The number of nitrogens with one attached hydrogen (secondary N) is 1. The molecule has 0 radical (unpaired) electrons. The number of sulfonamides is 1. The van der Waals surface area contributed by atoms with Crippen LogP contribution in [0.15, 0.2) is 10.3 Å². The number of aryl methyl sites for hydroxylation is 2. The Morgan fingerprint density at radius 2 is 2.00 bits per heavy atom. The summed E-state index contributed by atoms with van der Waals surface area (Å²) in [6, 6.07) is 2.10. The van der Waals surface area contributed by atoms with E-state index in [-0.39, 0.29) is 6.04 Å². The molecule has 2 rings (SSSR count). The summed E-state index contributed by atoms with van der Waals surface area (Å²) in [5, 5.41) is 3.30. The van der Waals surface area contributed by atoms with Crippen molar-refractivity contribution in [3.8, 4) is 0 Å². The van der Waals surface area contributed by atoms with Crippen LogP contribution in [0.5, 0.6) is 0 Å². The highest BCUT2D eigenvalue weighted by Gasteiger charge is 2.33. The van der Waals surface area contributed by atoms with Crippen molar-refractivity contribution in [1.82, 2.24) is 9.62 Å². The van der Waals surface area contributed by atoms with Gasteiger partial charge >= 0.3 is 0 Å². The van der Waals surface area contributed by atoms with Gasteiger partial charge in [0.1, 0.15) is 4.21 Å². The Balaban J connectivity index is 2.33. The third-order valence-electron chi connectivity index (χ3n) is 3.70. The zero-order valence-electron chi connectivity index (χ0n) is 12.5. The predicted octanol–water partition coefficient (Wildman–Crippen LogP) is 2.52. The molecule has 1 aromatic heterocycles. The first-order valence-electron chi connectivity index (χ1n) is 7.26. The van der Waals surface area contributed by atoms with Crippen LogP contribution in [0.4, 0.5) is 0 Å². The first kappa shape index (κ1) is 15.9. The van der Waals surface area contributed by atoms with Crippen LogP contribution in [0, 0.1) is 13.8 Å². The summed E-state index contributed by atoms with van der Waals surface area (Å²) in [5.74, 6) is 0. The van der Waals surface area contributed by atoms with E-state index in [2.05, 4.69) is 5.32 Å². The van der Waals surface area contributed by atoms with Gasteiger partial charge in [0.05, 0.1) is 0 Å². The topological polar surface area (TPSA) is 49.4 Å². The molecule has 1 fully saturated rings. The fraction of sp³-hybridized carbons (Fsp3) is 0.714. The van der Waals surface area contributed by atoms with E-state index in [1.165, 1.54) is 11.3 Å². The molecule has 0 aliphatic carbocycles. The summed E-state index contributed by atoms with van der Waals surface area (Å²) in [4.78, 5) is 1.06. The van der Waals surface area contributed by atoms with Gasteiger partial charge in [-0.05, 0) is 57.8 Å². The van der Waals surface area contributed by atoms with Gasteiger partial charge in [-0.1, -0.05) is 6.92 Å². The van der Waals surface area contributed by atoms with Gasteiger partial charge in [0.25, 0.3) is 10.0 Å². The van der Waals surface area contributed by atoms with E-state index in [4.69, 9.17) is 0 Å². The molecule has 114 valence electrons. The Bertz CT molecular complexity index is 546. The summed E-state index contributed by atoms with van der Waals surface area (Å²) < 4.78 is 28.2. The molecule has 0 aromatic carbocycles. The molecule has 4 nitrogen and oxygen atoms in total. The van der Waals surface area contributed by atoms with Crippen LogP contribution in [0.2, 0.25) is 0 Å². The van der Waals surface area contributed by atoms with E-state index in [1.807, 2.05) is 26.8 Å². The molecule has 1 aromatic rings. The Morgan fingerprint density at radius 3 is 2.50 bits per heavy atom. The Morgan fingerprint density at radius 1 is 1.35 bits per heavy atom. The van der Waals surface area contributed by atoms with E-state index in [1.54, 1.807) is 4.31 Å². The molecule has 20 heavy (non-hydrogen) atoms. The van der Waals surface area contributed by atoms with Gasteiger partial charge in [-0.2, -0.15) is 4.31 Å².